The van der Waals surface area contributed by atoms with Crippen LogP contribution < -0.4 is 9.47 Å². The maximum absolute atomic E-state index is 11.1. The first kappa shape index (κ1) is 13.0. The van der Waals surface area contributed by atoms with Crippen LogP contribution in [0.25, 0.3) is 5.57 Å². The van der Waals surface area contributed by atoms with Crippen LogP contribution in [-0.2, 0) is 4.79 Å². The maximum Gasteiger partial charge on any atom is 0.328 e. The van der Waals surface area contributed by atoms with E-state index in [-0.39, 0.29) is 0 Å². The molecule has 20 heavy (non-hydrogen) atoms. The molecule has 1 heterocycles. The second-order valence-electron chi connectivity index (χ2n) is 5.28. The zero-order chi connectivity index (χ0) is 13.9. The Morgan fingerprint density at radius 1 is 1.15 bits per heavy atom. The Labute approximate surface area is 118 Å². The molecule has 0 aromatic heterocycles. The Hall–Kier alpha value is -1.97. The fourth-order valence-electron chi connectivity index (χ4n) is 3.03. The second kappa shape index (κ2) is 5.57. The minimum absolute atomic E-state index is 0.341. The molecule has 0 saturated heterocycles. The first-order valence-corrected chi connectivity index (χ1v) is 7.08. The molecule has 4 heteroatoms. The van der Waals surface area contributed by atoms with Gasteiger partial charge in [-0.25, -0.2) is 4.79 Å². The van der Waals surface area contributed by atoms with E-state index in [2.05, 4.69) is 0 Å². The van der Waals surface area contributed by atoms with E-state index in [0.717, 1.165) is 29.7 Å². The van der Waals surface area contributed by atoms with Gasteiger partial charge in [-0.3, -0.25) is 0 Å². The summed E-state index contributed by atoms with van der Waals surface area (Å²) in [4.78, 5) is 11.1. The lowest BCUT2D eigenvalue weighted by molar-refractivity contribution is -0.131. The van der Waals surface area contributed by atoms with E-state index in [0.29, 0.717) is 24.9 Å². The lowest BCUT2D eigenvalue weighted by Gasteiger charge is -2.21. The molecular weight excluding hydrogens is 256 g/mol. The predicted molar refractivity (Wildman–Crippen MR) is 75.0 cm³/mol. The van der Waals surface area contributed by atoms with Crippen molar-refractivity contribution < 1.29 is 19.4 Å². The number of hydrogen-bond acceptors (Lipinski definition) is 3. The van der Waals surface area contributed by atoms with Crippen molar-refractivity contribution >= 4 is 11.5 Å². The van der Waals surface area contributed by atoms with E-state index in [9.17, 15) is 4.79 Å². The number of carboxylic acids is 1. The van der Waals surface area contributed by atoms with Gasteiger partial charge in [0.1, 0.15) is 13.2 Å². The zero-order valence-corrected chi connectivity index (χ0v) is 11.3. The number of aliphatic carboxylic acids is 1. The lowest BCUT2D eigenvalue weighted by Crippen LogP contribution is -2.15. The van der Waals surface area contributed by atoms with Gasteiger partial charge in [-0.2, -0.15) is 0 Å². The fraction of sp³-hybridized carbons (Fsp3) is 0.438. The van der Waals surface area contributed by atoms with Crippen LogP contribution in [0.4, 0.5) is 0 Å². The summed E-state index contributed by atoms with van der Waals surface area (Å²) in [6.07, 6.45) is 5.82. The third kappa shape index (κ3) is 2.64. The van der Waals surface area contributed by atoms with Crippen LogP contribution in [0.15, 0.2) is 24.3 Å². The summed E-state index contributed by atoms with van der Waals surface area (Å²) in [6, 6.07) is 5.71. The Morgan fingerprint density at radius 2 is 1.85 bits per heavy atom. The summed E-state index contributed by atoms with van der Waals surface area (Å²) in [5.41, 5.74) is 1.84. The minimum atomic E-state index is -0.887. The van der Waals surface area contributed by atoms with Crippen molar-refractivity contribution in [2.45, 2.75) is 25.7 Å². The SMILES string of the molecule is O=C(O)/C=C(/c1ccc2c(c1)OCCO2)C1CCCC1. The van der Waals surface area contributed by atoms with Gasteiger partial charge in [-0.15, -0.1) is 0 Å². The number of rotatable bonds is 3. The molecule has 106 valence electrons. The highest BCUT2D eigenvalue weighted by Crippen LogP contribution is 2.40. The van der Waals surface area contributed by atoms with Crippen molar-refractivity contribution in [2.75, 3.05) is 13.2 Å². The molecule has 0 atom stereocenters. The molecule has 0 spiro atoms. The van der Waals surface area contributed by atoms with Gasteiger partial charge in [0.15, 0.2) is 11.5 Å². The van der Waals surface area contributed by atoms with Crippen LogP contribution in [-0.4, -0.2) is 24.3 Å². The zero-order valence-electron chi connectivity index (χ0n) is 11.3. The van der Waals surface area contributed by atoms with Crippen molar-refractivity contribution in [1.29, 1.82) is 0 Å². The van der Waals surface area contributed by atoms with E-state index < -0.39 is 5.97 Å². The third-order valence-electron chi connectivity index (χ3n) is 3.95. The number of hydrogen-bond donors (Lipinski definition) is 1. The first-order valence-electron chi connectivity index (χ1n) is 7.08. The maximum atomic E-state index is 11.1. The van der Waals surface area contributed by atoms with Gasteiger partial charge in [0.2, 0.25) is 0 Å². The van der Waals surface area contributed by atoms with Crippen molar-refractivity contribution in [2.24, 2.45) is 5.92 Å². The summed E-state index contributed by atoms with van der Waals surface area (Å²) in [5, 5.41) is 9.11. The molecule has 3 rings (SSSR count). The summed E-state index contributed by atoms with van der Waals surface area (Å²) in [6.45, 7) is 1.10. The molecule has 1 aromatic rings. The molecule has 1 N–H and O–H groups in total. The predicted octanol–water partition coefficient (Wildman–Crippen LogP) is 3.12. The van der Waals surface area contributed by atoms with Gasteiger partial charge in [0, 0.05) is 6.08 Å². The molecule has 1 fully saturated rings. The van der Waals surface area contributed by atoms with Crippen LogP contribution in [0, 0.1) is 5.92 Å². The van der Waals surface area contributed by atoms with Crippen LogP contribution in [0.2, 0.25) is 0 Å². The van der Waals surface area contributed by atoms with Crippen molar-refractivity contribution in [3.05, 3.63) is 29.8 Å². The van der Waals surface area contributed by atoms with Gasteiger partial charge in [0.25, 0.3) is 0 Å². The molecule has 2 aliphatic rings. The Balaban J connectivity index is 1.96. The molecule has 1 saturated carbocycles. The summed E-state index contributed by atoms with van der Waals surface area (Å²) >= 11 is 0. The van der Waals surface area contributed by atoms with E-state index in [4.69, 9.17) is 14.6 Å². The molecular formula is C16H18O4. The normalized spacial score (nSPS) is 19.1. The summed E-state index contributed by atoms with van der Waals surface area (Å²) in [5.74, 6) is 0.902. The lowest BCUT2D eigenvalue weighted by atomic mass is 9.90. The molecule has 0 amide bonds. The van der Waals surface area contributed by atoms with E-state index >= 15 is 0 Å². The number of fused-ring (bicyclic) bond motifs is 1. The van der Waals surface area contributed by atoms with Gasteiger partial charge >= 0.3 is 5.97 Å². The van der Waals surface area contributed by atoms with Gasteiger partial charge in [-0.1, -0.05) is 18.9 Å². The highest BCUT2D eigenvalue weighted by Gasteiger charge is 2.23. The van der Waals surface area contributed by atoms with E-state index in [1.165, 1.54) is 18.9 Å². The number of carboxylic acid groups (broad SMARTS) is 1. The quantitative estimate of drug-likeness (QED) is 0.860. The standard InChI is InChI=1S/C16H18O4/c17-16(18)10-13(11-3-1-2-4-11)12-5-6-14-15(9-12)20-8-7-19-14/h5-6,9-11H,1-4,7-8H2,(H,17,18)/b13-10+. The minimum Gasteiger partial charge on any atom is -0.486 e. The average molecular weight is 274 g/mol. The van der Waals surface area contributed by atoms with Crippen molar-refractivity contribution in [3.63, 3.8) is 0 Å². The summed E-state index contributed by atoms with van der Waals surface area (Å²) in [7, 11) is 0. The Kier molecular flexibility index (Phi) is 3.63. The van der Waals surface area contributed by atoms with Crippen molar-refractivity contribution in [3.8, 4) is 11.5 Å². The number of allylic oxidation sites excluding steroid dienone is 1. The summed E-state index contributed by atoms with van der Waals surface area (Å²) < 4.78 is 11.1. The highest BCUT2D eigenvalue weighted by atomic mass is 16.6. The molecule has 1 aliphatic carbocycles. The largest absolute Gasteiger partial charge is 0.486 e. The fourth-order valence-corrected chi connectivity index (χ4v) is 3.03. The van der Waals surface area contributed by atoms with Gasteiger partial charge in [-0.05, 0) is 42.0 Å². The van der Waals surface area contributed by atoms with Crippen LogP contribution in [0.1, 0.15) is 31.2 Å². The smallest absolute Gasteiger partial charge is 0.328 e. The molecule has 0 bridgehead atoms. The molecule has 0 radical (unpaired) electrons. The van der Waals surface area contributed by atoms with Crippen LogP contribution in [0.3, 0.4) is 0 Å². The van der Waals surface area contributed by atoms with Gasteiger partial charge in [0.05, 0.1) is 0 Å². The first-order chi connectivity index (χ1) is 9.74. The molecule has 1 aliphatic heterocycles. The molecule has 0 unspecified atom stereocenters. The molecule has 1 aromatic carbocycles. The van der Waals surface area contributed by atoms with Crippen molar-refractivity contribution in [1.82, 2.24) is 0 Å². The second-order valence-corrected chi connectivity index (χ2v) is 5.28. The molecule has 4 nitrogen and oxygen atoms in total. The van der Waals surface area contributed by atoms with E-state index in [1.54, 1.807) is 0 Å². The third-order valence-corrected chi connectivity index (χ3v) is 3.95. The number of carbonyl (C=O) groups is 1. The van der Waals surface area contributed by atoms with E-state index in [1.807, 2.05) is 18.2 Å². The highest BCUT2D eigenvalue weighted by molar-refractivity contribution is 5.91. The Morgan fingerprint density at radius 3 is 2.55 bits per heavy atom. The number of benzene rings is 1. The van der Waals surface area contributed by atoms with Crippen LogP contribution >= 0.6 is 0 Å². The van der Waals surface area contributed by atoms with Crippen LogP contribution in [0.5, 0.6) is 11.5 Å². The van der Waals surface area contributed by atoms with Gasteiger partial charge < -0.3 is 14.6 Å². The Bertz CT molecular complexity index is 541. The average Bonchev–Trinajstić information content (AvgIpc) is 2.98. The monoisotopic (exact) mass is 274 g/mol. The topological polar surface area (TPSA) is 55.8 Å². The number of ether oxygens (including phenoxy) is 2.